The second-order valence-corrected chi connectivity index (χ2v) is 6.80. The molecule has 1 saturated heterocycles. The minimum Gasteiger partial charge on any atom is -0.340 e. The molecule has 23 heavy (non-hydrogen) atoms. The lowest BCUT2D eigenvalue weighted by atomic mass is 10.1. The molecule has 0 aromatic heterocycles. The van der Waals surface area contributed by atoms with Crippen LogP contribution in [0, 0.1) is 11.7 Å². The van der Waals surface area contributed by atoms with Crippen molar-refractivity contribution >= 4 is 23.4 Å². The Labute approximate surface area is 140 Å². The average Bonchev–Trinajstić information content (AvgIpc) is 3.25. The summed E-state index contributed by atoms with van der Waals surface area (Å²) in [6, 6.07) is 3.79. The van der Waals surface area contributed by atoms with Crippen molar-refractivity contribution in [2.24, 2.45) is 5.92 Å². The Morgan fingerprint density at radius 2 is 2.09 bits per heavy atom. The van der Waals surface area contributed by atoms with Gasteiger partial charge in [0.15, 0.2) is 0 Å². The quantitative estimate of drug-likeness (QED) is 0.847. The number of hydrogen-bond acceptors (Lipinski definition) is 2. The van der Waals surface area contributed by atoms with Crippen LogP contribution in [0.5, 0.6) is 0 Å². The van der Waals surface area contributed by atoms with Gasteiger partial charge in [-0.1, -0.05) is 17.7 Å². The molecule has 0 N–H and O–H groups in total. The van der Waals surface area contributed by atoms with Crippen molar-refractivity contribution in [3.8, 4) is 0 Å². The van der Waals surface area contributed by atoms with E-state index in [1.165, 1.54) is 12.1 Å². The van der Waals surface area contributed by atoms with E-state index in [4.69, 9.17) is 11.6 Å². The molecule has 6 heteroatoms. The number of benzene rings is 1. The molecule has 0 spiro atoms. The summed E-state index contributed by atoms with van der Waals surface area (Å²) >= 11 is 6.02. The summed E-state index contributed by atoms with van der Waals surface area (Å²) in [5.74, 6) is -0.226. The molecular weight excluding hydrogens is 319 g/mol. The van der Waals surface area contributed by atoms with Crippen molar-refractivity contribution < 1.29 is 14.0 Å². The Morgan fingerprint density at radius 1 is 1.35 bits per heavy atom. The fourth-order valence-electron chi connectivity index (χ4n) is 3.09. The van der Waals surface area contributed by atoms with Gasteiger partial charge < -0.3 is 9.80 Å². The SMILES string of the molecule is CN(Cc1ccc(F)cc1Cl)C(=O)[C@H]1CCCN1C(=O)C1CC1. The molecule has 0 bridgehead atoms. The fraction of sp³-hybridized carbons (Fsp3) is 0.529. The highest BCUT2D eigenvalue weighted by molar-refractivity contribution is 6.31. The number of halogens is 2. The molecular formula is C17H20ClFN2O2. The maximum atomic E-state index is 13.1. The minimum atomic E-state index is -0.398. The van der Waals surface area contributed by atoms with E-state index in [1.807, 2.05) is 0 Å². The van der Waals surface area contributed by atoms with Gasteiger partial charge in [0.2, 0.25) is 11.8 Å². The first kappa shape index (κ1) is 16.2. The molecule has 0 radical (unpaired) electrons. The summed E-state index contributed by atoms with van der Waals surface area (Å²) in [7, 11) is 1.69. The number of carbonyl (C=O) groups is 2. The van der Waals surface area contributed by atoms with Crippen LogP contribution in [0.15, 0.2) is 18.2 Å². The lowest BCUT2D eigenvalue weighted by Crippen LogP contribution is -2.46. The molecule has 1 aliphatic carbocycles. The Morgan fingerprint density at radius 3 is 2.74 bits per heavy atom. The molecule has 2 fully saturated rings. The fourth-order valence-corrected chi connectivity index (χ4v) is 3.32. The molecule has 1 atom stereocenters. The van der Waals surface area contributed by atoms with E-state index in [0.29, 0.717) is 30.1 Å². The first-order valence-electron chi connectivity index (χ1n) is 7.96. The molecule has 4 nitrogen and oxygen atoms in total. The molecule has 1 aromatic rings. The Bertz CT molecular complexity index is 633. The van der Waals surface area contributed by atoms with E-state index in [2.05, 4.69) is 0 Å². The van der Waals surface area contributed by atoms with E-state index < -0.39 is 5.82 Å². The van der Waals surface area contributed by atoms with Crippen molar-refractivity contribution in [3.05, 3.63) is 34.6 Å². The van der Waals surface area contributed by atoms with Crippen LogP contribution >= 0.6 is 11.6 Å². The minimum absolute atomic E-state index is 0.0723. The van der Waals surface area contributed by atoms with Crippen molar-refractivity contribution in [2.45, 2.75) is 38.3 Å². The van der Waals surface area contributed by atoms with Crippen LogP contribution in [-0.2, 0) is 16.1 Å². The third kappa shape index (κ3) is 3.50. The summed E-state index contributed by atoms with van der Waals surface area (Å²) in [6.45, 7) is 0.969. The topological polar surface area (TPSA) is 40.6 Å². The van der Waals surface area contributed by atoms with Gasteiger partial charge >= 0.3 is 0 Å². The normalized spacial score (nSPS) is 20.7. The van der Waals surface area contributed by atoms with Gasteiger partial charge in [0.1, 0.15) is 11.9 Å². The highest BCUT2D eigenvalue weighted by Gasteiger charge is 2.41. The number of hydrogen-bond donors (Lipinski definition) is 0. The first-order valence-corrected chi connectivity index (χ1v) is 8.34. The highest BCUT2D eigenvalue weighted by Crippen LogP contribution is 2.34. The van der Waals surface area contributed by atoms with Gasteiger partial charge in [-0.2, -0.15) is 0 Å². The number of likely N-dealkylation sites (tertiary alicyclic amines) is 1. The summed E-state index contributed by atoms with van der Waals surface area (Å²) < 4.78 is 13.1. The van der Waals surface area contributed by atoms with Crippen molar-refractivity contribution in [3.63, 3.8) is 0 Å². The molecule has 1 aromatic carbocycles. The smallest absolute Gasteiger partial charge is 0.245 e. The molecule has 0 unspecified atom stereocenters. The second kappa shape index (κ2) is 6.48. The predicted molar refractivity (Wildman–Crippen MR) is 85.3 cm³/mol. The zero-order valence-corrected chi connectivity index (χ0v) is 13.9. The number of amides is 2. The van der Waals surface area contributed by atoms with Gasteiger partial charge in [0.05, 0.1) is 0 Å². The molecule has 124 valence electrons. The van der Waals surface area contributed by atoms with Crippen LogP contribution in [0.1, 0.15) is 31.2 Å². The van der Waals surface area contributed by atoms with Gasteiger partial charge in [-0.3, -0.25) is 9.59 Å². The third-order valence-corrected chi connectivity index (χ3v) is 4.90. The molecule has 2 aliphatic rings. The summed E-state index contributed by atoms with van der Waals surface area (Å²) in [5.41, 5.74) is 0.696. The van der Waals surface area contributed by atoms with Gasteiger partial charge in [0, 0.05) is 31.1 Å². The summed E-state index contributed by atoms with van der Waals surface area (Å²) in [6.07, 6.45) is 3.45. The maximum Gasteiger partial charge on any atom is 0.245 e. The molecule has 1 heterocycles. The maximum absolute atomic E-state index is 13.1. The van der Waals surface area contributed by atoms with Crippen LogP contribution in [0.2, 0.25) is 5.02 Å². The van der Waals surface area contributed by atoms with Crippen molar-refractivity contribution in [2.75, 3.05) is 13.6 Å². The number of carbonyl (C=O) groups excluding carboxylic acids is 2. The highest BCUT2D eigenvalue weighted by atomic mass is 35.5. The Hall–Kier alpha value is -1.62. The van der Waals surface area contributed by atoms with E-state index >= 15 is 0 Å². The summed E-state index contributed by atoms with van der Waals surface area (Å²) in [4.78, 5) is 28.3. The zero-order valence-electron chi connectivity index (χ0n) is 13.1. The number of nitrogens with zero attached hydrogens (tertiary/aromatic N) is 2. The average molecular weight is 339 g/mol. The van der Waals surface area contributed by atoms with Crippen LogP contribution in [0.25, 0.3) is 0 Å². The van der Waals surface area contributed by atoms with E-state index in [-0.39, 0.29) is 23.8 Å². The van der Waals surface area contributed by atoms with Gasteiger partial charge in [-0.25, -0.2) is 4.39 Å². The van der Waals surface area contributed by atoms with Crippen LogP contribution < -0.4 is 0 Å². The molecule has 2 amide bonds. The lowest BCUT2D eigenvalue weighted by molar-refractivity contribution is -0.144. The molecule has 1 aliphatic heterocycles. The predicted octanol–water partition coefficient (Wildman–Crippen LogP) is 2.84. The van der Waals surface area contributed by atoms with Gasteiger partial charge in [-0.15, -0.1) is 0 Å². The number of rotatable bonds is 4. The van der Waals surface area contributed by atoms with Crippen LogP contribution in [0.3, 0.4) is 0 Å². The van der Waals surface area contributed by atoms with Gasteiger partial charge in [-0.05, 0) is 43.4 Å². The van der Waals surface area contributed by atoms with Gasteiger partial charge in [0.25, 0.3) is 0 Å². The first-order chi connectivity index (χ1) is 11.0. The third-order valence-electron chi connectivity index (χ3n) is 4.55. The largest absolute Gasteiger partial charge is 0.340 e. The van der Waals surface area contributed by atoms with Crippen molar-refractivity contribution in [1.29, 1.82) is 0 Å². The molecule has 3 rings (SSSR count). The van der Waals surface area contributed by atoms with Crippen LogP contribution in [0.4, 0.5) is 4.39 Å². The number of likely N-dealkylation sites (N-methyl/N-ethyl adjacent to an activating group) is 1. The Balaban J connectivity index is 1.67. The zero-order chi connectivity index (χ0) is 16.6. The van der Waals surface area contributed by atoms with E-state index in [0.717, 1.165) is 19.3 Å². The van der Waals surface area contributed by atoms with E-state index in [1.54, 1.807) is 22.9 Å². The van der Waals surface area contributed by atoms with Crippen LogP contribution in [-0.4, -0.2) is 41.2 Å². The Kier molecular flexibility index (Phi) is 4.57. The lowest BCUT2D eigenvalue weighted by Gasteiger charge is -2.28. The van der Waals surface area contributed by atoms with E-state index in [9.17, 15) is 14.0 Å². The standard InChI is InChI=1S/C17H20ClFN2O2/c1-20(10-12-6-7-13(19)9-14(12)18)17(23)15-3-2-8-21(15)16(22)11-4-5-11/h6-7,9,11,15H,2-5,8,10H2,1H3/t15-/m1/s1. The summed E-state index contributed by atoms with van der Waals surface area (Å²) in [5, 5.41) is 0.307. The monoisotopic (exact) mass is 338 g/mol. The molecule has 1 saturated carbocycles. The van der Waals surface area contributed by atoms with Crippen molar-refractivity contribution in [1.82, 2.24) is 9.80 Å². The second-order valence-electron chi connectivity index (χ2n) is 6.39.